The lowest BCUT2D eigenvalue weighted by atomic mass is 10.0. The third kappa shape index (κ3) is 19.9. The zero-order valence-corrected chi connectivity index (χ0v) is 72.8. The van der Waals surface area contributed by atoms with Crippen LogP contribution in [0.1, 0.15) is 115 Å². The first-order valence-electron chi connectivity index (χ1n) is 40.2. The van der Waals surface area contributed by atoms with Crippen molar-refractivity contribution < 1.29 is 89.4 Å². The molecule has 0 bridgehead atoms. The summed E-state index contributed by atoms with van der Waals surface area (Å²) in [4.78, 5) is 68.3. The summed E-state index contributed by atoms with van der Waals surface area (Å²) in [5.74, 6) is 0.185. The summed E-state index contributed by atoms with van der Waals surface area (Å²) in [7, 11) is -2.91. The third-order valence-corrected chi connectivity index (χ3v) is 27.6. The molecule has 3 atom stereocenters. The molecule has 6 heterocycles. The average molecular weight is 1760 g/mol. The van der Waals surface area contributed by atoms with Gasteiger partial charge >= 0.3 is 22.4 Å². The fourth-order valence-electron chi connectivity index (χ4n) is 15.5. The van der Waals surface area contributed by atoms with Gasteiger partial charge in [0.05, 0.1) is 83.7 Å². The number of thioether (sulfide) groups is 1. The number of amides is 3. The number of hydrogen-bond donors (Lipinski definition) is 1. The minimum absolute atomic E-state index is 0.00165. The molecular formula is C92H96F7N10O12S3+. The molecule has 5 aliphatic rings. The number of fused-ring (bicyclic) bond motifs is 3. The number of nitrogens with zero attached hydrogens (tertiary/aromatic N) is 9. The molecule has 15 rings (SSSR count). The standard InChI is InChI=1S/C26H31F3N3O4S.C26H20FN3O3S.C24H30F3N3O4S.C16H15NO/c1-18-6-8-21(22(15-18)26(27,28)29)25(33)31-13-11-30(12-14-31)23-16-20(7-9-24(23)36-3)37(34,35)32-10-4-5-19(2)17-32;1-28-17-7-5-6-16(12-17)14-30-23-11-10-18(33-2)13-20(23)26(25(30)32)29-22(15-34-26)24(31)19-8-3-4-9-21(19)27;1-5-30(6-2)35(32,33)18-8-10-22(34-4)21(16-18)28-11-13-29(14-12-28)23(31)19-9-7-17(3)15-20(19)24(25,26)27;1-10-4-7-15-14(8-10)17-16(18-15)13-6-5-11(2)12(3)9-13/h6-9,15-17,19H,4-5,10-14H2,1-3H3;3-13,22,29H,14-15H2,2H3;7-10,15-16H,5-6,11-14H2,1-4H3;4-9H,1-3H3/q+1;;;. The predicted molar refractivity (Wildman–Crippen MR) is 464 cm³/mol. The molecule has 22 nitrogen and oxygen atoms in total. The Kier molecular flexibility index (Phi) is 28.2. The van der Waals surface area contributed by atoms with E-state index in [1.165, 1.54) is 115 Å². The predicted octanol–water partition coefficient (Wildman–Crippen LogP) is 17.3. The van der Waals surface area contributed by atoms with Gasteiger partial charge in [0.1, 0.15) is 33.5 Å². The second kappa shape index (κ2) is 38.2. The lowest BCUT2D eigenvalue weighted by Crippen LogP contribution is -2.49. The van der Waals surface area contributed by atoms with E-state index in [0.717, 1.165) is 47.2 Å². The first-order valence-corrected chi connectivity index (χ1v) is 44.1. The van der Waals surface area contributed by atoms with Gasteiger partial charge in [0.25, 0.3) is 17.7 Å². The maximum absolute atomic E-state index is 14.3. The number of nitrogens with one attached hydrogen (secondary N) is 1. The summed E-state index contributed by atoms with van der Waals surface area (Å²) < 4.78 is 173. The number of carbonyl (C=O) groups excluding carboxylic acids is 4. The zero-order chi connectivity index (χ0) is 89.5. The van der Waals surface area contributed by atoms with E-state index >= 15 is 0 Å². The lowest BCUT2D eigenvalue weighted by Gasteiger charge is -2.37. The van der Waals surface area contributed by atoms with Crippen LogP contribution in [0.15, 0.2) is 190 Å². The number of aromatic nitrogens is 1. The number of oxazole rings is 1. The van der Waals surface area contributed by atoms with E-state index in [1.807, 2.05) is 47.1 Å². The van der Waals surface area contributed by atoms with Crippen LogP contribution in [0.4, 0.5) is 53.5 Å². The van der Waals surface area contributed by atoms with Gasteiger partial charge in [-0.1, -0.05) is 92.6 Å². The fraction of sp³-hybridized carbons (Fsp3) is 0.337. The molecule has 124 heavy (non-hydrogen) atoms. The Morgan fingerprint density at radius 3 is 1.76 bits per heavy atom. The molecule has 5 aliphatic heterocycles. The zero-order valence-electron chi connectivity index (χ0n) is 70.4. The lowest BCUT2D eigenvalue weighted by molar-refractivity contribution is -0.370. The number of benzene rings is 9. The van der Waals surface area contributed by atoms with Crippen molar-refractivity contribution in [1.29, 1.82) is 0 Å². The summed E-state index contributed by atoms with van der Waals surface area (Å²) in [5, 5.41) is 3.24. The Morgan fingerprint density at radius 1 is 0.637 bits per heavy atom. The summed E-state index contributed by atoms with van der Waals surface area (Å²) in [5.41, 5.74) is 8.59. The van der Waals surface area contributed by atoms with Gasteiger partial charge < -0.3 is 43.1 Å². The third-order valence-electron chi connectivity index (χ3n) is 22.3. The fourth-order valence-corrected chi connectivity index (χ4v) is 19.9. The Bertz CT molecular complexity index is 6000. The van der Waals surface area contributed by atoms with Crippen molar-refractivity contribution in [2.24, 2.45) is 5.92 Å². The highest BCUT2D eigenvalue weighted by Gasteiger charge is 2.57. The molecule has 9 aromatic carbocycles. The average Bonchev–Trinajstić information content (AvgIpc) is 1.55. The van der Waals surface area contributed by atoms with Gasteiger partial charge in [0.15, 0.2) is 34.7 Å². The van der Waals surface area contributed by atoms with Crippen molar-refractivity contribution in [3.63, 3.8) is 0 Å². The minimum atomic E-state index is -4.64. The van der Waals surface area contributed by atoms with E-state index in [9.17, 15) is 66.7 Å². The topological polar surface area (TPSA) is 229 Å². The Morgan fingerprint density at radius 2 is 1.21 bits per heavy atom. The van der Waals surface area contributed by atoms with E-state index < -0.39 is 72.1 Å². The first kappa shape index (κ1) is 91.6. The molecule has 10 aromatic rings. The molecular weight excluding hydrogens is 1670 g/mol. The molecule has 0 saturated carbocycles. The number of hydrogen-bond acceptors (Lipinski definition) is 17. The molecule has 32 heteroatoms. The van der Waals surface area contributed by atoms with E-state index in [1.54, 1.807) is 107 Å². The van der Waals surface area contributed by atoms with Gasteiger partial charge in [0.2, 0.25) is 15.9 Å². The Hall–Kier alpha value is -11.6. The van der Waals surface area contributed by atoms with Crippen molar-refractivity contribution in [2.75, 3.05) is 114 Å². The van der Waals surface area contributed by atoms with Crippen molar-refractivity contribution in [1.82, 2.24) is 24.4 Å². The first-order chi connectivity index (χ1) is 58.9. The Balaban J connectivity index is 0.000000154. The van der Waals surface area contributed by atoms with Crippen LogP contribution in [0.25, 0.3) is 27.4 Å². The van der Waals surface area contributed by atoms with E-state index in [0.29, 0.717) is 114 Å². The monoisotopic (exact) mass is 1760 g/mol. The van der Waals surface area contributed by atoms with Gasteiger partial charge in [-0.2, -0.15) is 39.1 Å². The summed E-state index contributed by atoms with van der Waals surface area (Å²) in [6.45, 7) is 25.5. The second-order valence-electron chi connectivity index (χ2n) is 30.7. The maximum atomic E-state index is 14.3. The van der Waals surface area contributed by atoms with Crippen LogP contribution >= 0.6 is 11.8 Å². The van der Waals surface area contributed by atoms with Gasteiger partial charge in [-0.3, -0.25) is 24.5 Å². The molecule has 1 spiro atoms. The molecule has 1 aromatic heterocycles. The minimum Gasteiger partial charge on any atom is -0.497 e. The largest absolute Gasteiger partial charge is 0.497 e. The molecule has 3 unspecified atom stereocenters. The number of alkyl halides is 6. The highest BCUT2D eigenvalue weighted by atomic mass is 32.2. The van der Waals surface area contributed by atoms with Gasteiger partial charge in [-0.15, -0.1) is 15.7 Å². The Labute approximate surface area is 721 Å². The number of ketones is 1. The number of anilines is 3. The number of methoxy groups -OCH3 is 3. The number of Topliss-reactive ketones (excluding diaryl/α,β-unsaturated/α-hetero) is 1. The quantitative estimate of drug-likeness (QED) is 0.0364. The summed E-state index contributed by atoms with van der Waals surface area (Å²) in [6, 6.07) is 46.8. The van der Waals surface area contributed by atoms with E-state index in [4.69, 9.17) is 25.2 Å². The van der Waals surface area contributed by atoms with Crippen molar-refractivity contribution >= 4 is 95.4 Å². The van der Waals surface area contributed by atoms with Crippen LogP contribution in [0.5, 0.6) is 17.2 Å². The number of halogens is 7. The molecule has 3 saturated heterocycles. The van der Waals surface area contributed by atoms with Crippen LogP contribution < -0.4 is 34.2 Å². The summed E-state index contributed by atoms with van der Waals surface area (Å²) >= 11 is 1.33. The van der Waals surface area contributed by atoms with Crippen LogP contribution in [0.2, 0.25) is 0 Å². The highest BCUT2D eigenvalue weighted by molar-refractivity contribution is 8.01. The van der Waals surface area contributed by atoms with Gasteiger partial charge in [-0.05, 0) is 179 Å². The normalized spacial score (nSPS) is 17.2. The van der Waals surface area contributed by atoms with Crippen LogP contribution in [-0.2, 0) is 48.6 Å². The molecule has 3 amide bonds. The number of sulfonamides is 2. The van der Waals surface area contributed by atoms with Crippen LogP contribution in [0.3, 0.4) is 0 Å². The molecule has 0 radical (unpaired) electrons. The maximum Gasteiger partial charge on any atom is 0.417 e. The van der Waals surface area contributed by atoms with Crippen molar-refractivity contribution in [2.45, 2.75) is 108 Å². The van der Waals surface area contributed by atoms with Gasteiger partial charge in [0, 0.05) is 101 Å². The molecule has 652 valence electrons. The van der Waals surface area contributed by atoms with E-state index in [2.05, 4.69) is 54.1 Å². The molecule has 1 N–H and O–H groups in total. The number of rotatable bonds is 18. The molecule has 3 fully saturated rings. The SMILES string of the molecule is CCN(CC)S(=O)(=O)c1ccc(OC)c(N2CCN(C(=O)c3ccc(C)cc3C(F)(F)F)CC2)c1.COc1ccc(S(=O)(=O)[N+]2=CC(C)CCC2)cc1N1CCN(C(=O)c2ccc(C)cc2C(F)(F)F)CC1.Cc1ccc2oc(-c3ccc(C)c(C)c3)nc2c1.[C-]#[N+]c1cccc(CN2C(=O)C3(NC(C(=O)c4ccccc4F)CS3)c3cc(OC)ccc32)c1. The number of carbonyl (C=O) groups is 4. The number of aryl methyl sites for hydroxylation is 5. The van der Waals surface area contributed by atoms with Crippen LogP contribution in [-0.4, -0.2) is 175 Å². The van der Waals surface area contributed by atoms with E-state index in [-0.39, 0.29) is 76.8 Å². The number of ether oxygens (including phenoxy) is 3. The van der Waals surface area contributed by atoms with Gasteiger partial charge in [-0.25, -0.2) is 22.6 Å². The smallest absolute Gasteiger partial charge is 0.417 e. The van der Waals surface area contributed by atoms with Crippen molar-refractivity contribution in [3.05, 3.63) is 260 Å². The van der Waals surface area contributed by atoms with Crippen molar-refractivity contribution in [3.8, 4) is 28.7 Å². The highest BCUT2D eigenvalue weighted by Crippen LogP contribution is 2.53. The summed E-state index contributed by atoms with van der Waals surface area (Å²) in [6.07, 6.45) is -5.80. The second-order valence-corrected chi connectivity index (χ2v) is 35.7. The van der Waals surface area contributed by atoms with Crippen LogP contribution in [0, 0.1) is 52.9 Å². The molecule has 0 aliphatic carbocycles. The number of piperazine rings is 2.